The number of benzene rings is 2. The number of carbonyl (C=O) groups is 1. The van der Waals surface area contributed by atoms with Gasteiger partial charge in [-0.3, -0.25) is 4.79 Å². The first kappa shape index (κ1) is 15.6. The van der Waals surface area contributed by atoms with Crippen molar-refractivity contribution in [3.8, 4) is 5.75 Å². The minimum absolute atomic E-state index is 0.126. The van der Waals surface area contributed by atoms with Crippen molar-refractivity contribution in [2.24, 2.45) is 5.16 Å². The molecule has 0 spiro atoms. The molecule has 0 radical (unpaired) electrons. The van der Waals surface area contributed by atoms with Gasteiger partial charge in [0, 0.05) is 11.1 Å². The van der Waals surface area contributed by atoms with Crippen LogP contribution in [0.2, 0.25) is 0 Å². The molecule has 6 nitrogen and oxygen atoms in total. The maximum Gasteiger partial charge on any atom is 0.268 e. The Kier molecular flexibility index (Phi) is 4.20. The SMILES string of the molecule is COc1cccc2cc(C(=O)Nc3ccccc3C)/c(=N/O)oc12. The number of para-hydroxylation sites is 2. The first-order chi connectivity index (χ1) is 11.6. The zero-order chi connectivity index (χ0) is 17.1. The van der Waals surface area contributed by atoms with Crippen molar-refractivity contribution in [3.05, 3.63) is 65.2 Å². The Bertz CT molecular complexity index is 976. The largest absolute Gasteiger partial charge is 0.493 e. The minimum atomic E-state index is -0.425. The molecule has 1 heterocycles. The predicted octanol–water partition coefficient (Wildman–Crippen LogP) is 3.29. The summed E-state index contributed by atoms with van der Waals surface area (Å²) in [7, 11) is 1.51. The third-order valence-corrected chi connectivity index (χ3v) is 3.69. The number of nitrogens with zero attached hydrogens (tertiary/aromatic N) is 1. The summed E-state index contributed by atoms with van der Waals surface area (Å²) < 4.78 is 10.8. The quantitative estimate of drug-likeness (QED) is 0.572. The molecule has 2 N–H and O–H groups in total. The molecule has 0 saturated heterocycles. The highest BCUT2D eigenvalue weighted by atomic mass is 16.5. The standard InChI is InChI=1S/C18H16N2O4/c1-11-6-3-4-8-14(11)19-17(21)13-10-12-7-5-9-15(23-2)16(12)24-18(13)20-22/h3-10,22H,1-2H3,(H,19,21)/b20-18-. The fourth-order valence-electron chi connectivity index (χ4n) is 2.43. The van der Waals surface area contributed by atoms with Gasteiger partial charge in [-0.05, 0) is 35.8 Å². The number of carbonyl (C=O) groups excluding carboxylic acids is 1. The van der Waals surface area contributed by atoms with Crippen LogP contribution in [0.1, 0.15) is 15.9 Å². The van der Waals surface area contributed by atoms with E-state index in [0.717, 1.165) is 5.56 Å². The van der Waals surface area contributed by atoms with E-state index >= 15 is 0 Å². The second-order valence-corrected chi connectivity index (χ2v) is 5.21. The number of amides is 1. The van der Waals surface area contributed by atoms with Crippen molar-refractivity contribution in [3.63, 3.8) is 0 Å². The van der Waals surface area contributed by atoms with Gasteiger partial charge in [0.25, 0.3) is 11.5 Å². The number of ether oxygens (including phenoxy) is 1. The summed E-state index contributed by atoms with van der Waals surface area (Å²) in [5.74, 6) is 0.0637. The average Bonchev–Trinajstić information content (AvgIpc) is 2.61. The third kappa shape index (κ3) is 2.81. The Hall–Kier alpha value is -3.28. The Balaban J connectivity index is 2.09. The van der Waals surface area contributed by atoms with E-state index in [9.17, 15) is 10.0 Å². The molecule has 1 aromatic heterocycles. The van der Waals surface area contributed by atoms with E-state index in [1.54, 1.807) is 30.3 Å². The monoisotopic (exact) mass is 324 g/mol. The van der Waals surface area contributed by atoms with Gasteiger partial charge in [-0.25, -0.2) is 0 Å². The second kappa shape index (κ2) is 6.45. The lowest BCUT2D eigenvalue weighted by Gasteiger charge is -2.09. The van der Waals surface area contributed by atoms with Crippen LogP contribution in [0, 0.1) is 6.92 Å². The third-order valence-electron chi connectivity index (χ3n) is 3.69. The highest BCUT2D eigenvalue weighted by molar-refractivity contribution is 6.05. The molecule has 122 valence electrons. The Morgan fingerprint density at radius 2 is 2.00 bits per heavy atom. The molecule has 3 aromatic rings. The summed E-state index contributed by atoms with van der Waals surface area (Å²) in [6, 6.07) is 14.3. The zero-order valence-corrected chi connectivity index (χ0v) is 13.2. The van der Waals surface area contributed by atoms with E-state index in [4.69, 9.17) is 9.15 Å². The summed E-state index contributed by atoms with van der Waals surface area (Å²) in [4.78, 5) is 12.6. The first-order valence-corrected chi connectivity index (χ1v) is 7.30. The molecule has 0 aliphatic heterocycles. The van der Waals surface area contributed by atoms with Crippen LogP contribution in [-0.2, 0) is 0 Å². The molecule has 0 fully saturated rings. The van der Waals surface area contributed by atoms with Crippen LogP contribution in [0.15, 0.2) is 58.1 Å². The number of hydrogen-bond acceptors (Lipinski definition) is 5. The number of anilines is 1. The zero-order valence-electron chi connectivity index (χ0n) is 13.2. The van der Waals surface area contributed by atoms with Gasteiger partial charge in [-0.2, -0.15) is 0 Å². The number of nitrogens with one attached hydrogen (secondary N) is 1. The Morgan fingerprint density at radius 3 is 2.71 bits per heavy atom. The predicted molar refractivity (Wildman–Crippen MR) is 89.2 cm³/mol. The molecule has 6 heteroatoms. The molecule has 3 rings (SSSR count). The highest BCUT2D eigenvalue weighted by Crippen LogP contribution is 2.24. The topological polar surface area (TPSA) is 84.1 Å². The molecule has 0 saturated carbocycles. The average molecular weight is 324 g/mol. The lowest BCUT2D eigenvalue weighted by atomic mass is 10.1. The van der Waals surface area contributed by atoms with Crippen molar-refractivity contribution in [1.29, 1.82) is 0 Å². The molecule has 0 bridgehead atoms. The van der Waals surface area contributed by atoms with Gasteiger partial charge < -0.3 is 19.7 Å². The number of aryl methyl sites for hydroxylation is 1. The molecule has 0 aliphatic carbocycles. The summed E-state index contributed by atoms with van der Waals surface area (Å²) >= 11 is 0. The van der Waals surface area contributed by atoms with Gasteiger partial charge in [-0.1, -0.05) is 30.3 Å². The van der Waals surface area contributed by atoms with Crippen LogP contribution in [-0.4, -0.2) is 18.2 Å². The van der Waals surface area contributed by atoms with Crippen LogP contribution in [0.4, 0.5) is 5.69 Å². The summed E-state index contributed by atoms with van der Waals surface area (Å²) in [5.41, 5.74) is 1.95. The van der Waals surface area contributed by atoms with Crippen molar-refractivity contribution >= 4 is 22.6 Å². The van der Waals surface area contributed by atoms with Crippen molar-refractivity contribution in [1.82, 2.24) is 0 Å². The molecular formula is C18H16N2O4. The van der Waals surface area contributed by atoms with Crippen molar-refractivity contribution < 1.29 is 19.2 Å². The number of rotatable bonds is 3. The molecular weight excluding hydrogens is 308 g/mol. The Morgan fingerprint density at radius 1 is 1.21 bits per heavy atom. The van der Waals surface area contributed by atoms with Crippen LogP contribution in [0.25, 0.3) is 11.0 Å². The molecule has 0 atom stereocenters. The van der Waals surface area contributed by atoms with Gasteiger partial charge in [-0.15, -0.1) is 0 Å². The number of hydrogen-bond donors (Lipinski definition) is 2. The lowest BCUT2D eigenvalue weighted by molar-refractivity contribution is 0.102. The summed E-state index contributed by atoms with van der Waals surface area (Å²) in [5, 5.41) is 15.8. The normalized spacial score (nSPS) is 11.5. The van der Waals surface area contributed by atoms with E-state index in [-0.39, 0.29) is 11.1 Å². The van der Waals surface area contributed by atoms with Gasteiger partial charge in [0.05, 0.1) is 7.11 Å². The minimum Gasteiger partial charge on any atom is -0.493 e. The first-order valence-electron chi connectivity index (χ1n) is 7.30. The molecule has 1 amide bonds. The number of methoxy groups -OCH3 is 1. The van der Waals surface area contributed by atoms with Gasteiger partial charge in [0.1, 0.15) is 5.56 Å². The van der Waals surface area contributed by atoms with Crippen molar-refractivity contribution in [2.45, 2.75) is 6.92 Å². The van der Waals surface area contributed by atoms with E-state index in [1.807, 2.05) is 25.1 Å². The van der Waals surface area contributed by atoms with E-state index in [0.29, 0.717) is 22.4 Å². The highest BCUT2D eigenvalue weighted by Gasteiger charge is 2.15. The van der Waals surface area contributed by atoms with Gasteiger partial charge in [0.2, 0.25) is 0 Å². The van der Waals surface area contributed by atoms with E-state index in [1.165, 1.54) is 7.11 Å². The maximum absolute atomic E-state index is 12.6. The van der Waals surface area contributed by atoms with Crippen LogP contribution < -0.4 is 15.6 Å². The molecule has 0 aliphatic rings. The van der Waals surface area contributed by atoms with E-state index in [2.05, 4.69) is 10.5 Å². The van der Waals surface area contributed by atoms with Gasteiger partial charge >= 0.3 is 0 Å². The second-order valence-electron chi connectivity index (χ2n) is 5.21. The molecule has 2 aromatic carbocycles. The van der Waals surface area contributed by atoms with Gasteiger partial charge in [0.15, 0.2) is 11.3 Å². The summed E-state index contributed by atoms with van der Waals surface area (Å²) in [6.45, 7) is 1.89. The molecule has 24 heavy (non-hydrogen) atoms. The fourth-order valence-corrected chi connectivity index (χ4v) is 2.43. The van der Waals surface area contributed by atoms with Crippen LogP contribution in [0.5, 0.6) is 5.75 Å². The van der Waals surface area contributed by atoms with Crippen molar-refractivity contribution in [2.75, 3.05) is 12.4 Å². The lowest BCUT2D eigenvalue weighted by Crippen LogP contribution is -2.22. The summed E-state index contributed by atoms with van der Waals surface area (Å²) in [6.07, 6.45) is 0. The Labute approximate surface area is 138 Å². The molecule has 0 unspecified atom stereocenters. The van der Waals surface area contributed by atoms with Crippen LogP contribution in [0.3, 0.4) is 0 Å². The number of fused-ring (bicyclic) bond motifs is 1. The fraction of sp³-hybridized carbons (Fsp3) is 0.111. The van der Waals surface area contributed by atoms with Crippen LogP contribution >= 0.6 is 0 Å². The van der Waals surface area contributed by atoms with E-state index < -0.39 is 5.91 Å². The smallest absolute Gasteiger partial charge is 0.268 e. The maximum atomic E-state index is 12.6.